The minimum absolute atomic E-state index is 0.257. The normalized spacial score (nSPS) is 12.7. The lowest BCUT2D eigenvalue weighted by Crippen LogP contribution is -2.19. The van der Waals surface area contributed by atoms with Crippen molar-refractivity contribution in [1.82, 2.24) is 0 Å². The lowest BCUT2D eigenvalue weighted by Gasteiger charge is -2.16. The Morgan fingerprint density at radius 1 is 1.31 bits per heavy atom. The third-order valence-corrected chi connectivity index (χ3v) is 2.22. The van der Waals surface area contributed by atoms with Gasteiger partial charge in [-0.15, -0.1) is 0 Å². The summed E-state index contributed by atoms with van der Waals surface area (Å²) < 4.78 is 24.0. The minimum Gasteiger partial charge on any atom is -0.379 e. The Balaban J connectivity index is 2.51. The molecule has 4 heteroatoms. The zero-order valence-corrected chi connectivity index (χ0v) is 9.49. The highest BCUT2D eigenvalue weighted by molar-refractivity contribution is 5.20. The number of nitrogens with two attached hydrogens (primary N) is 1. The van der Waals surface area contributed by atoms with Gasteiger partial charge >= 0.3 is 0 Å². The smallest absolute Gasteiger partial charge is 0.129 e. The summed E-state index contributed by atoms with van der Waals surface area (Å²) in [7, 11) is 0. The first-order valence-corrected chi connectivity index (χ1v) is 5.43. The predicted molar refractivity (Wildman–Crippen MR) is 60.6 cm³/mol. The molecule has 0 spiro atoms. The maximum Gasteiger partial charge on any atom is 0.129 e. The molecule has 1 atom stereocenters. The molecule has 1 aromatic carbocycles. The first-order valence-electron chi connectivity index (χ1n) is 5.43. The number of ether oxygens (including phenoxy) is 2. The van der Waals surface area contributed by atoms with Gasteiger partial charge in [0.15, 0.2) is 0 Å². The van der Waals surface area contributed by atoms with E-state index in [1.54, 1.807) is 18.2 Å². The van der Waals surface area contributed by atoms with Gasteiger partial charge in [-0.05, 0) is 13.0 Å². The summed E-state index contributed by atoms with van der Waals surface area (Å²) in [4.78, 5) is 0. The standard InChI is InChI=1S/C12H18FNO2/c1-2-15-7-8-16-12(9-14)10-5-3-4-6-11(10)13/h3-6,12H,2,7-9,14H2,1H3. The maximum absolute atomic E-state index is 13.4. The molecule has 0 saturated carbocycles. The maximum atomic E-state index is 13.4. The van der Waals surface area contributed by atoms with Crippen LogP contribution >= 0.6 is 0 Å². The monoisotopic (exact) mass is 227 g/mol. The molecule has 3 nitrogen and oxygen atoms in total. The molecule has 1 unspecified atom stereocenters. The van der Waals surface area contributed by atoms with Gasteiger partial charge < -0.3 is 15.2 Å². The summed E-state index contributed by atoms with van der Waals surface area (Å²) in [6, 6.07) is 6.51. The van der Waals surface area contributed by atoms with Crippen molar-refractivity contribution in [3.63, 3.8) is 0 Å². The van der Waals surface area contributed by atoms with E-state index in [0.717, 1.165) is 0 Å². The Labute approximate surface area is 95.4 Å². The number of hydrogen-bond acceptors (Lipinski definition) is 3. The van der Waals surface area contributed by atoms with Gasteiger partial charge in [-0.2, -0.15) is 0 Å². The van der Waals surface area contributed by atoms with Crippen molar-refractivity contribution in [2.75, 3.05) is 26.4 Å². The number of hydrogen-bond donors (Lipinski definition) is 1. The summed E-state index contributed by atoms with van der Waals surface area (Å²) in [5, 5.41) is 0. The first kappa shape index (κ1) is 13.1. The van der Waals surface area contributed by atoms with Crippen LogP contribution in [-0.2, 0) is 9.47 Å². The van der Waals surface area contributed by atoms with Crippen LogP contribution in [-0.4, -0.2) is 26.4 Å². The second kappa shape index (κ2) is 7.33. The summed E-state index contributed by atoms with van der Waals surface area (Å²) in [6.45, 7) is 3.74. The molecule has 16 heavy (non-hydrogen) atoms. The zero-order valence-electron chi connectivity index (χ0n) is 9.49. The minimum atomic E-state index is -0.401. The van der Waals surface area contributed by atoms with Crippen molar-refractivity contribution in [2.45, 2.75) is 13.0 Å². The van der Waals surface area contributed by atoms with E-state index >= 15 is 0 Å². The molecule has 0 aliphatic rings. The average Bonchev–Trinajstić information content (AvgIpc) is 2.31. The lowest BCUT2D eigenvalue weighted by molar-refractivity contribution is 0.00903. The molecule has 0 saturated heterocycles. The van der Waals surface area contributed by atoms with Gasteiger partial charge in [0, 0.05) is 18.7 Å². The topological polar surface area (TPSA) is 44.5 Å². The van der Waals surface area contributed by atoms with Crippen LogP contribution in [0.4, 0.5) is 4.39 Å². The van der Waals surface area contributed by atoms with E-state index in [4.69, 9.17) is 15.2 Å². The Morgan fingerprint density at radius 2 is 2.06 bits per heavy atom. The van der Waals surface area contributed by atoms with Crippen molar-refractivity contribution < 1.29 is 13.9 Å². The fourth-order valence-electron chi connectivity index (χ4n) is 1.41. The molecule has 0 aromatic heterocycles. The van der Waals surface area contributed by atoms with E-state index in [-0.39, 0.29) is 12.4 Å². The molecule has 0 radical (unpaired) electrons. The van der Waals surface area contributed by atoms with Crippen LogP contribution < -0.4 is 5.73 Å². The third-order valence-electron chi connectivity index (χ3n) is 2.22. The Hall–Kier alpha value is -0.970. The molecule has 0 bridgehead atoms. The zero-order chi connectivity index (χ0) is 11.8. The summed E-state index contributed by atoms with van der Waals surface area (Å²) in [6.07, 6.45) is -0.401. The molecule has 90 valence electrons. The summed E-state index contributed by atoms with van der Waals surface area (Å²) >= 11 is 0. The molecule has 2 N–H and O–H groups in total. The quantitative estimate of drug-likeness (QED) is 0.723. The molecular formula is C12H18FNO2. The van der Waals surface area contributed by atoms with Crippen LogP contribution in [0.25, 0.3) is 0 Å². The molecule has 0 amide bonds. The molecule has 0 aliphatic heterocycles. The molecular weight excluding hydrogens is 209 g/mol. The highest BCUT2D eigenvalue weighted by atomic mass is 19.1. The van der Waals surface area contributed by atoms with E-state index in [1.165, 1.54) is 6.07 Å². The Kier molecular flexibility index (Phi) is 6.00. The molecule has 1 aromatic rings. The van der Waals surface area contributed by atoms with Crippen LogP contribution in [0.5, 0.6) is 0 Å². The second-order valence-corrected chi connectivity index (χ2v) is 3.31. The largest absolute Gasteiger partial charge is 0.379 e. The second-order valence-electron chi connectivity index (χ2n) is 3.31. The van der Waals surface area contributed by atoms with Crippen LogP contribution in [0.1, 0.15) is 18.6 Å². The summed E-state index contributed by atoms with van der Waals surface area (Å²) in [5.74, 6) is -0.283. The van der Waals surface area contributed by atoms with Crippen LogP contribution in [0.3, 0.4) is 0 Å². The lowest BCUT2D eigenvalue weighted by atomic mass is 10.1. The Morgan fingerprint density at radius 3 is 2.69 bits per heavy atom. The van der Waals surface area contributed by atoms with E-state index < -0.39 is 6.10 Å². The number of rotatable bonds is 7. The van der Waals surface area contributed by atoms with Crippen molar-refractivity contribution >= 4 is 0 Å². The summed E-state index contributed by atoms with van der Waals surface area (Å²) in [5.41, 5.74) is 6.06. The van der Waals surface area contributed by atoms with Crippen molar-refractivity contribution in [3.05, 3.63) is 35.6 Å². The highest BCUT2D eigenvalue weighted by Gasteiger charge is 2.13. The van der Waals surface area contributed by atoms with Gasteiger partial charge in [-0.3, -0.25) is 0 Å². The van der Waals surface area contributed by atoms with Gasteiger partial charge in [0.1, 0.15) is 5.82 Å². The number of benzene rings is 1. The molecule has 0 heterocycles. The van der Waals surface area contributed by atoms with Crippen LogP contribution in [0.15, 0.2) is 24.3 Å². The molecule has 0 aliphatic carbocycles. The van der Waals surface area contributed by atoms with Crippen LogP contribution in [0.2, 0.25) is 0 Å². The fourth-order valence-corrected chi connectivity index (χ4v) is 1.41. The van der Waals surface area contributed by atoms with E-state index in [9.17, 15) is 4.39 Å². The van der Waals surface area contributed by atoms with E-state index in [1.807, 2.05) is 6.92 Å². The van der Waals surface area contributed by atoms with Gasteiger partial charge in [-0.25, -0.2) is 4.39 Å². The Bertz CT molecular complexity index is 307. The molecule has 0 fully saturated rings. The van der Waals surface area contributed by atoms with Crippen LogP contribution in [0, 0.1) is 5.82 Å². The highest BCUT2D eigenvalue weighted by Crippen LogP contribution is 2.19. The van der Waals surface area contributed by atoms with Crippen molar-refractivity contribution in [2.24, 2.45) is 5.73 Å². The van der Waals surface area contributed by atoms with Crippen molar-refractivity contribution in [3.8, 4) is 0 Å². The SMILES string of the molecule is CCOCCOC(CN)c1ccccc1F. The first-order chi connectivity index (χ1) is 7.79. The van der Waals surface area contributed by atoms with E-state index in [0.29, 0.717) is 25.4 Å². The molecule has 1 rings (SSSR count). The van der Waals surface area contributed by atoms with Gasteiger partial charge in [0.05, 0.1) is 19.3 Å². The third kappa shape index (κ3) is 3.89. The van der Waals surface area contributed by atoms with Gasteiger partial charge in [0.25, 0.3) is 0 Å². The van der Waals surface area contributed by atoms with Gasteiger partial charge in [-0.1, -0.05) is 18.2 Å². The van der Waals surface area contributed by atoms with E-state index in [2.05, 4.69) is 0 Å². The predicted octanol–water partition coefficient (Wildman–Crippen LogP) is 1.88. The van der Waals surface area contributed by atoms with Gasteiger partial charge in [0.2, 0.25) is 0 Å². The fraction of sp³-hybridized carbons (Fsp3) is 0.500. The number of halogens is 1. The average molecular weight is 227 g/mol. The van der Waals surface area contributed by atoms with Crippen molar-refractivity contribution in [1.29, 1.82) is 0 Å².